The molecule has 3 nitrogen and oxygen atoms in total. The zero-order valence-electron chi connectivity index (χ0n) is 13.8. The summed E-state index contributed by atoms with van der Waals surface area (Å²) < 4.78 is 13.4. The van der Waals surface area contributed by atoms with Crippen LogP contribution in [0.3, 0.4) is 0 Å². The van der Waals surface area contributed by atoms with E-state index in [2.05, 4.69) is 4.98 Å². The van der Waals surface area contributed by atoms with Crippen molar-refractivity contribution in [2.45, 2.75) is 37.6 Å². The van der Waals surface area contributed by atoms with E-state index in [1.807, 2.05) is 30.1 Å². The van der Waals surface area contributed by atoms with Crippen molar-refractivity contribution in [3.63, 3.8) is 0 Å². The van der Waals surface area contributed by atoms with Crippen LogP contribution in [0.25, 0.3) is 11.1 Å². The van der Waals surface area contributed by atoms with Crippen LogP contribution in [-0.2, 0) is 4.79 Å². The van der Waals surface area contributed by atoms with Gasteiger partial charge < -0.3 is 4.90 Å². The molecular formula is C20H21FN2O. The quantitative estimate of drug-likeness (QED) is 0.836. The van der Waals surface area contributed by atoms with Crippen LogP contribution in [0.2, 0.25) is 0 Å². The Morgan fingerprint density at radius 1 is 1.12 bits per heavy atom. The second-order valence-corrected chi connectivity index (χ2v) is 6.92. The summed E-state index contributed by atoms with van der Waals surface area (Å²) in [6.07, 6.45) is 6.36. The van der Waals surface area contributed by atoms with Gasteiger partial charge >= 0.3 is 0 Å². The minimum atomic E-state index is -0.255. The molecule has 1 saturated carbocycles. The second-order valence-electron chi connectivity index (χ2n) is 6.92. The second kappa shape index (κ2) is 6.00. The fourth-order valence-electron chi connectivity index (χ4n) is 4.35. The molecule has 0 radical (unpaired) electrons. The molecule has 2 aliphatic rings. The van der Waals surface area contributed by atoms with E-state index in [0.717, 1.165) is 29.7 Å². The number of carbonyl (C=O) groups excluding carboxylic acids is 1. The maximum atomic E-state index is 13.4. The van der Waals surface area contributed by atoms with E-state index in [0.29, 0.717) is 12.0 Å². The average molecular weight is 324 g/mol. The van der Waals surface area contributed by atoms with Gasteiger partial charge in [-0.3, -0.25) is 9.78 Å². The van der Waals surface area contributed by atoms with E-state index in [-0.39, 0.29) is 17.6 Å². The molecule has 0 N–H and O–H groups in total. The number of fused-ring (bicyclic) bond motifs is 1. The van der Waals surface area contributed by atoms with E-state index in [4.69, 9.17) is 0 Å². The number of aromatic nitrogens is 1. The lowest BCUT2D eigenvalue weighted by Crippen LogP contribution is -2.33. The molecule has 1 aromatic heterocycles. The highest BCUT2D eigenvalue weighted by Gasteiger charge is 2.48. The van der Waals surface area contributed by atoms with Gasteiger partial charge in [-0.15, -0.1) is 0 Å². The minimum Gasteiger partial charge on any atom is -0.342 e. The predicted molar refractivity (Wildman–Crippen MR) is 90.9 cm³/mol. The zero-order valence-corrected chi connectivity index (χ0v) is 13.8. The molecule has 2 heterocycles. The molecule has 3 atom stereocenters. The summed E-state index contributed by atoms with van der Waals surface area (Å²) in [5, 5.41) is 0. The van der Waals surface area contributed by atoms with Crippen LogP contribution < -0.4 is 0 Å². The van der Waals surface area contributed by atoms with E-state index in [9.17, 15) is 9.18 Å². The Balaban J connectivity index is 1.64. The number of nitrogens with zero attached hydrogens (tertiary/aromatic N) is 2. The van der Waals surface area contributed by atoms with Crippen molar-refractivity contribution < 1.29 is 9.18 Å². The highest BCUT2D eigenvalue weighted by atomic mass is 19.1. The summed E-state index contributed by atoms with van der Waals surface area (Å²) in [4.78, 5) is 19.2. The third-order valence-electron chi connectivity index (χ3n) is 5.58. The number of amides is 1. The Morgan fingerprint density at radius 2 is 1.96 bits per heavy atom. The summed E-state index contributed by atoms with van der Waals surface area (Å²) in [5.74, 6) is 0.192. The SMILES string of the molecule is CN1C(=O)[C@H](c2ccc(-c3cccc(F)c3)cn2)[C@H]2CCCC[C@H]21. The average Bonchev–Trinajstić information content (AvgIpc) is 2.87. The van der Waals surface area contributed by atoms with Gasteiger partial charge in [-0.05, 0) is 42.5 Å². The number of benzene rings is 1. The number of carbonyl (C=O) groups is 1. The Bertz CT molecular complexity index is 758. The fraction of sp³-hybridized carbons (Fsp3) is 0.400. The summed E-state index contributed by atoms with van der Waals surface area (Å²) in [7, 11) is 1.92. The van der Waals surface area contributed by atoms with Crippen molar-refractivity contribution in [2.75, 3.05) is 7.05 Å². The molecular weight excluding hydrogens is 303 g/mol. The molecule has 0 spiro atoms. The molecule has 1 aliphatic carbocycles. The Kier molecular flexibility index (Phi) is 3.83. The van der Waals surface area contributed by atoms with Gasteiger partial charge in [0.05, 0.1) is 11.6 Å². The monoisotopic (exact) mass is 324 g/mol. The summed E-state index contributed by atoms with van der Waals surface area (Å²) >= 11 is 0. The summed E-state index contributed by atoms with van der Waals surface area (Å²) in [5.41, 5.74) is 2.53. The van der Waals surface area contributed by atoms with Gasteiger partial charge in [0.1, 0.15) is 5.82 Å². The number of halogens is 1. The molecule has 1 saturated heterocycles. The number of pyridine rings is 1. The molecule has 4 rings (SSSR count). The largest absolute Gasteiger partial charge is 0.342 e. The smallest absolute Gasteiger partial charge is 0.232 e. The van der Waals surface area contributed by atoms with Crippen LogP contribution >= 0.6 is 0 Å². The third-order valence-corrected chi connectivity index (χ3v) is 5.58. The van der Waals surface area contributed by atoms with Gasteiger partial charge in [0, 0.05) is 24.8 Å². The lowest BCUT2D eigenvalue weighted by Gasteiger charge is -2.29. The molecule has 24 heavy (non-hydrogen) atoms. The molecule has 1 aromatic carbocycles. The van der Waals surface area contributed by atoms with Crippen molar-refractivity contribution in [1.82, 2.24) is 9.88 Å². The molecule has 1 amide bonds. The zero-order chi connectivity index (χ0) is 16.7. The van der Waals surface area contributed by atoms with Crippen molar-refractivity contribution in [2.24, 2.45) is 5.92 Å². The lowest BCUT2D eigenvalue weighted by atomic mass is 9.78. The van der Waals surface area contributed by atoms with Gasteiger partial charge in [-0.1, -0.05) is 31.0 Å². The van der Waals surface area contributed by atoms with E-state index in [1.165, 1.54) is 25.0 Å². The van der Waals surface area contributed by atoms with Crippen LogP contribution in [0, 0.1) is 11.7 Å². The number of rotatable bonds is 2. The number of hydrogen-bond acceptors (Lipinski definition) is 2. The summed E-state index contributed by atoms with van der Waals surface area (Å²) in [6.45, 7) is 0. The van der Waals surface area contributed by atoms with Crippen molar-refractivity contribution in [1.29, 1.82) is 0 Å². The standard InChI is InChI=1S/C20H21FN2O/c1-23-18-8-3-2-7-16(18)19(20(23)24)17-10-9-14(12-22-17)13-5-4-6-15(21)11-13/h4-6,9-12,16,18-19H,2-3,7-8H2,1H3/t16-,18+,19-/m0/s1. The summed E-state index contributed by atoms with van der Waals surface area (Å²) in [6, 6.07) is 10.7. The van der Waals surface area contributed by atoms with Crippen molar-refractivity contribution in [3.05, 3.63) is 54.1 Å². The van der Waals surface area contributed by atoms with Crippen LogP contribution in [0.5, 0.6) is 0 Å². The fourth-order valence-corrected chi connectivity index (χ4v) is 4.35. The molecule has 0 unspecified atom stereocenters. The molecule has 2 aromatic rings. The first kappa shape index (κ1) is 15.3. The molecule has 124 valence electrons. The number of likely N-dealkylation sites (N-methyl/N-ethyl adjacent to an activating group) is 1. The predicted octanol–water partition coefficient (Wildman–Crippen LogP) is 4.00. The third kappa shape index (κ3) is 2.50. The van der Waals surface area contributed by atoms with Crippen molar-refractivity contribution >= 4 is 5.91 Å². The van der Waals surface area contributed by atoms with Gasteiger partial charge in [-0.2, -0.15) is 0 Å². The topological polar surface area (TPSA) is 33.2 Å². The first-order chi connectivity index (χ1) is 11.6. The van der Waals surface area contributed by atoms with Gasteiger partial charge in [0.25, 0.3) is 0 Å². The Hall–Kier alpha value is -2.23. The number of hydrogen-bond donors (Lipinski definition) is 0. The molecule has 0 bridgehead atoms. The molecule has 2 fully saturated rings. The highest BCUT2D eigenvalue weighted by molar-refractivity contribution is 5.86. The first-order valence-electron chi connectivity index (χ1n) is 8.64. The minimum absolute atomic E-state index is 0.123. The van der Waals surface area contributed by atoms with Crippen molar-refractivity contribution in [3.8, 4) is 11.1 Å². The van der Waals surface area contributed by atoms with Crippen LogP contribution in [0.15, 0.2) is 42.6 Å². The Morgan fingerprint density at radius 3 is 2.71 bits per heavy atom. The van der Waals surface area contributed by atoms with Gasteiger partial charge in [-0.25, -0.2) is 4.39 Å². The number of likely N-dealkylation sites (tertiary alicyclic amines) is 1. The molecule has 4 heteroatoms. The van der Waals surface area contributed by atoms with Crippen LogP contribution in [0.4, 0.5) is 4.39 Å². The Labute approximate surface area is 141 Å². The lowest BCUT2D eigenvalue weighted by molar-refractivity contribution is -0.128. The maximum Gasteiger partial charge on any atom is 0.232 e. The van der Waals surface area contributed by atoms with Crippen LogP contribution in [-0.4, -0.2) is 28.9 Å². The normalized spacial score (nSPS) is 26.5. The van der Waals surface area contributed by atoms with E-state index < -0.39 is 0 Å². The van der Waals surface area contributed by atoms with E-state index >= 15 is 0 Å². The van der Waals surface area contributed by atoms with Crippen LogP contribution in [0.1, 0.15) is 37.3 Å². The van der Waals surface area contributed by atoms with Gasteiger partial charge in [0.15, 0.2) is 0 Å². The molecule has 1 aliphatic heterocycles. The van der Waals surface area contributed by atoms with Gasteiger partial charge in [0.2, 0.25) is 5.91 Å². The highest BCUT2D eigenvalue weighted by Crippen LogP contribution is 2.44. The maximum absolute atomic E-state index is 13.4. The van der Waals surface area contributed by atoms with E-state index in [1.54, 1.807) is 12.3 Å². The first-order valence-corrected chi connectivity index (χ1v) is 8.64.